The molecule has 4 unspecified atom stereocenters. The zero-order valence-electron chi connectivity index (χ0n) is 21.6. The summed E-state index contributed by atoms with van der Waals surface area (Å²) in [5.41, 5.74) is 5.50. The van der Waals surface area contributed by atoms with E-state index in [1.165, 1.54) is 64.2 Å². The molecule has 2 heteroatoms. The van der Waals surface area contributed by atoms with Crippen LogP contribution in [0.5, 0.6) is 0 Å². The van der Waals surface area contributed by atoms with E-state index in [0.29, 0.717) is 16.9 Å². The van der Waals surface area contributed by atoms with Crippen LogP contribution in [-0.4, -0.2) is 0 Å². The number of aryl methyl sites for hydroxylation is 1. The molecule has 0 radical (unpaired) electrons. The highest BCUT2D eigenvalue weighted by atomic mass is 32.2. The molecular formula is C31H44NS+. The second kappa shape index (κ2) is 8.74. The second-order valence-electron chi connectivity index (χ2n) is 11.6. The molecule has 2 aliphatic heterocycles. The summed E-state index contributed by atoms with van der Waals surface area (Å²) in [7, 11) is 0. The molecular weight excluding hydrogens is 418 g/mol. The van der Waals surface area contributed by atoms with Crippen molar-refractivity contribution in [2.24, 2.45) is 11.3 Å². The van der Waals surface area contributed by atoms with Gasteiger partial charge in [-0.05, 0) is 55.2 Å². The predicted octanol–water partition coefficient (Wildman–Crippen LogP) is 8.54. The molecule has 5 rings (SSSR count). The average molecular weight is 463 g/mol. The molecule has 178 valence electrons. The lowest BCUT2D eigenvalue weighted by molar-refractivity contribution is -0.753. The Morgan fingerprint density at radius 1 is 1.03 bits per heavy atom. The van der Waals surface area contributed by atoms with E-state index in [2.05, 4.69) is 93.5 Å². The molecule has 2 aromatic rings. The Balaban J connectivity index is 1.71. The van der Waals surface area contributed by atoms with E-state index >= 15 is 0 Å². The molecule has 1 nitrogen and oxygen atoms in total. The summed E-state index contributed by atoms with van der Waals surface area (Å²) >= 11 is 2.24. The third-order valence-electron chi connectivity index (χ3n) is 9.20. The van der Waals surface area contributed by atoms with E-state index in [0.717, 1.165) is 5.92 Å². The van der Waals surface area contributed by atoms with E-state index < -0.39 is 0 Å². The number of hydrogen-bond acceptors (Lipinski definition) is 1. The van der Waals surface area contributed by atoms with Crippen molar-refractivity contribution in [2.75, 3.05) is 0 Å². The van der Waals surface area contributed by atoms with Crippen molar-refractivity contribution < 1.29 is 4.57 Å². The van der Waals surface area contributed by atoms with Crippen LogP contribution in [0.3, 0.4) is 0 Å². The molecule has 1 aliphatic carbocycles. The molecule has 1 fully saturated rings. The molecule has 33 heavy (non-hydrogen) atoms. The SMILES string of the molecule is CCCCCC1(CC(C)C)C(CC)[n+]2ccccc2C23CC21c1ccc(CCCC)cc1S3. The maximum atomic E-state index is 2.75. The zero-order valence-corrected chi connectivity index (χ0v) is 22.4. The summed E-state index contributed by atoms with van der Waals surface area (Å²) in [6.07, 6.45) is 15.5. The first kappa shape index (κ1) is 23.5. The highest BCUT2D eigenvalue weighted by molar-refractivity contribution is 8.01. The van der Waals surface area contributed by atoms with Gasteiger partial charge in [0.15, 0.2) is 17.9 Å². The van der Waals surface area contributed by atoms with E-state index in [4.69, 9.17) is 0 Å². The maximum Gasteiger partial charge on any atom is 0.199 e. The van der Waals surface area contributed by atoms with E-state index in [9.17, 15) is 0 Å². The van der Waals surface area contributed by atoms with Gasteiger partial charge in [-0.1, -0.05) is 78.5 Å². The number of thioether (sulfide) groups is 1. The number of unbranched alkanes of at least 4 members (excludes halogenated alkanes) is 3. The maximum absolute atomic E-state index is 2.75. The first-order valence-corrected chi connectivity index (χ1v) is 14.6. The summed E-state index contributed by atoms with van der Waals surface area (Å²) < 4.78 is 2.99. The molecule has 0 spiro atoms. The first-order valence-electron chi connectivity index (χ1n) is 13.8. The van der Waals surface area contributed by atoms with Crippen molar-refractivity contribution in [2.45, 2.75) is 120 Å². The summed E-state index contributed by atoms with van der Waals surface area (Å²) in [4.78, 5) is 1.60. The Kier molecular flexibility index (Phi) is 6.21. The van der Waals surface area contributed by atoms with Gasteiger partial charge in [-0.25, -0.2) is 0 Å². The largest absolute Gasteiger partial charge is 0.199 e. The van der Waals surface area contributed by atoms with Gasteiger partial charge >= 0.3 is 0 Å². The first-order chi connectivity index (χ1) is 16.0. The molecule has 0 N–H and O–H groups in total. The molecule has 3 aliphatic rings. The molecule has 1 saturated carbocycles. The van der Waals surface area contributed by atoms with Crippen LogP contribution in [0.25, 0.3) is 0 Å². The number of nitrogens with zero attached hydrogens (tertiary/aromatic N) is 1. The van der Waals surface area contributed by atoms with Gasteiger partial charge in [0.25, 0.3) is 0 Å². The lowest BCUT2D eigenvalue weighted by Crippen LogP contribution is -2.62. The Bertz CT molecular complexity index is 1010. The summed E-state index contributed by atoms with van der Waals surface area (Å²) in [6, 6.07) is 15.3. The van der Waals surface area contributed by atoms with Crippen molar-refractivity contribution in [3.05, 3.63) is 59.4 Å². The van der Waals surface area contributed by atoms with Crippen molar-refractivity contribution in [3.63, 3.8) is 0 Å². The number of pyridine rings is 1. The zero-order chi connectivity index (χ0) is 23.3. The highest BCUT2D eigenvalue weighted by Crippen LogP contribution is 2.87. The van der Waals surface area contributed by atoms with E-state index in [1.54, 1.807) is 21.7 Å². The standard InChI is InChI=1S/C31H44NS/c1-6-9-12-18-29(21-23(4)5)27(8-3)32-19-13-11-15-28(32)31-22-30(29,31)25-17-16-24(14-10-7-2)20-26(25)33-31/h11,13,15-17,19-20,23,27H,6-10,12,14,18,21-22H2,1-5H3/q+1. The number of rotatable bonds is 10. The highest BCUT2D eigenvalue weighted by Gasteiger charge is 2.87. The quantitative estimate of drug-likeness (QED) is 0.253. The van der Waals surface area contributed by atoms with Crippen LogP contribution in [0, 0.1) is 11.3 Å². The van der Waals surface area contributed by atoms with Crippen molar-refractivity contribution >= 4 is 11.8 Å². The molecule has 1 aromatic heterocycles. The minimum absolute atomic E-state index is 0.243. The van der Waals surface area contributed by atoms with Gasteiger partial charge in [0, 0.05) is 34.3 Å². The van der Waals surface area contributed by atoms with Gasteiger partial charge in [-0.3, -0.25) is 0 Å². The molecule has 0 amide bonds. The molecule has 1 aromatic carbocycles. The number of fused-ring (bicyclic) bond motifs is 2. The monoisotopic (exact) mass is 462 g/mol. The van der Waals surface area contributed by atoms with Gasteiger partial charge in [-0.15, -0.1) is 11.8 Å². The van der Waals surface area contributed by atoms with Crippen LogP contribution in [0.15, 0.2) is 47.5 Å². The Morgan fingerprint density at radius 2 is 1.85 bits per heavy atom. The minimum atomic E-state index is 0.243. The lowest BCUT2D eigenvalue weighted by Gasteiger charge is -2.49. The van der Waals surface area contributed by atoms with Crippen LogP contribution < -0.4 is 4.57 Å². The van der Waals surface area contributed by atoms with Gasteiger partial charge in [-0.2, -0.15) is 4.57 Å². The third-order valence-corrected chi connectivity index (χ3v) is 10.8. The van der Waals surface area contributed by atoms with Crippen LogP contribution in [0.1, 0.15) is 115 Å². The smallest absolute Gasteiger partial charge is 0.198 e. The fraction of sp³-hybridized carbons (Fsp3) is 0.645. The number of hydrogen-bond donors (Lipinski definition) is 0. The van der Waals surface area contributed by atoms with Crippen LogP contribution in [-0.2, 0) is 16.6 Å². The second-order valence-corrected chi connectivity index (χ2v) is 12.9. The van der Waals surface area contributed by atoms with Crippen LogP contribution >= 0.6 is 11.8 Å². The number of aromatic nitrogens is 1. The van der Waals surface area contributed by atoms with Gasteiger partial charge in [0.05, 0.1) is 0 Å². The fourth-order valence-electron chi connectivity index (χ4n) is 8.12. The van der Waals surface area contributed by atoms with Crippen LogP contribution in [0.2, 0.25) is 0 Å². The minimum Gasteiger partial charge on any atom is -0.198 e. The average Bonchev–Trinajstić information content (AvgIpc) is 3.41. The molecule has 3 heterocycles. The van der Waals surface area contributed by atoms with Crippen LogP contribution in [0.4, 0.5) is 0 Å². The Morgan fingerprint density at radius 3 is 2.58 bits per heavy atom. The molecule has 0 saturated heterocycles. The fourth-order valence-corrected chi connectivity index (χ4v) is 10.1. The summed E-state index contributed by atoms with van der Waals surface area (Å²) in [5, 5.41) is 0. The Labute approximate surface area is 206 Å². The van der Waals surface area contributed by atoms with E-state index in [1.807, 2.05) is 0 Å². The van der Waals surface area contributed by atoms with E-state index in [-0.39, 0.29) is 4.75 Å². The summed E-state index contributed by atoms with van der Waals surface area (Å²) in [5.74, 6) is 0.720. The predicted molar refractivity (Wildman–Crippen MR) is 141 cm³/mol. The third kappa shape index (κ3) is 3.22. The number of benzene rings is 1. The topological polar surface area (TPSA) is 3.88 Å². The lowest BCUT2D eigenvalue weighted by atomic mass is 9.55. The normalized spacial score (nSPS) is 31.2. The van der Waals surface area contributed by atoms with Gasteiger partial charge < -0.3 is 0 Å². The van der Waals surface area contributed by atoms with Crippen molar-refractivity contribution in [3.8, 4) is 0 Å². The summed E-state index contributed by atoms with van der Waals surface area (Å²) in [6.45, 7) is 12.1. The van der Waals surface area contributed by atoms with Gasteiger partial charge in [0.2, 0.25) is 0 Å². The van der Waals surface area contributed by atoms with Gasteiger partial charge in [0.1, 0.15) is 4.75 Å². The van der Waals surface area contributed by atoms with Crippen molar-refractivity contribution in [1.29, 1.82) is 0 Å². The Hall–Kier alpha value is -1.28. The van der Waals surface area contributed by atoms with Crippen molar-refractivity contribution in [1.82, 2.24) is 0 Å². The molecule has 4 atom stereocenters. The molecule has 0 bridgehead atoms.